The molecule has 0 bridgehead atoms. The van der Waals surface area contributed by atoms with Crippen molar-refractivity contribution in [1.29, 1.82) is 0 Å². The monoisotopic (exact) mass is 269 g/mol. The summed E-state index contributed by atoms with van der Waals surface area (Å²) in [5.74, 6) is -1.21. The number of alkyl halides is 3. The van der Waals surface area contributed by atoms with Gasteiger partial charge in [-0.1, -0.05) is 6.07 Å². The van der Waals surface area contributed by atoms with Gasteiger partial charge in [-0.05, 0) is 24.3 Å². The molecule has 0 saturated heterocycles. The van der Waals surface area contributed by atoms with Crippen LogP contribution in [-0.2, 0) is 6.18 Å². The Labute approximate surface area is 105 Å². The van der Waals surface area contributed by atoms with Crippen LogP contribution < -0.4 is 0 Å². The fourth-order valence-corrected chi connectivity index (χ4v) is 1.65. The Balaban J connectivity index is 2.73. The minimum absolute atomic E-state index is 0.0259. The van der Waals surface area contributed by atoms with Crippen molar-refractivity contribution < 1.29 is 22.4 Å². The highest BCUT2D eigenvalue weighted by Crippen LogP contribution is 2.37. The largest absolute Gasteiger partial charge is 0.417 e. The SMILES string of the molecule is O=Cc1cc(-c2ccccn2)c(C(F)(F)F)cc1F. The first-order chi connectivity index (χ1) is 8.93. The molecule has 98 valence electrons. The number of hydrogen-bond donors (Lipinski definition) is 0. The van der Waals surface area contributed by atoms with E-state index in [2.05, 4.69) is 4.98 Å². The van der Waals surface area contributed by atoms with E-state index in [-0.39, 0.29) is 17.5 Å². The summed E-state index contributed by atoms with van der Waals surface area (Å²) in [6, 6.07) is 5.58. The zero-order valence-corrected chi connectivity index (χ0v) is 9.41. The molecule has 0 aliphatic heterocycles. The van der Waals surface area contributed by atoms with Crippen molar-refractivity contribution in [3.05, 3.63) is 53.5 Å². The standard InChI is InChI=1S/C13H7F4NO/c14-11-6-10(13(15,16)17)9(5-8(11)7-19)12-3-1-2-4-18-12/h1-7H. The molecule has 0 unspecified atom stereocenters. The highest BCUT2D eigenvalue weighted by atomic mass is 19.4. The second kappa shape index (κ2) is 4.79. The van der Waals surface area contributed by atoms with Gasteiger partial charge >= 0.3 is 6.18 Å². The molecule has 0 atom stereocenters. The Morgan fingerprint density at radius 2 is 1.89 bits per heavy atom. The second-order valence-electron chi connectivity index (χ2n) is 3.75. The number of benzene rings is 1. The maximum Gasteiger partial charge on any atom is 0.417 e. The summed E-state index contributed by atoms with van der Waals surface area (Å²) >= 11 is 0. The van der Waals surface area contributed by atoms with Gasteiger partial charge in [0, 0.05) is 11.8 Å². The third-order valence-corrected chi connectivity index (χ3v) is 2.51. The van der Waals surface area contributed by atoms with Gasteiger partial charge in [0.1, 0.15) is 5.82 Å². The average molecular weight is 269 g/mol. The molecule has 0 amide bonds. The van der Waals surface area contributed by atoms with Crippen LogP contribution in [0, 0.1) is 5.82 Å². The van der Waals surface area contributed by atoms with Gasteiger partial charge in [-0.15, -0.1) is 0 Å². The average Bonchev–Trinajstić information content (AvgIpc) is 2.38. The van der Waals surface area contributed by atoms with Gasteiger partial charge in [0.25, 0.3) is 0 Å². The molecule has 2 aromatic rings. The van der Waals surface area contributed by atoms with Gasteiger partial charge in [-0.3, -0.25) is 9.78 Å². The zero-order chi connectivity index (χ0) is 14.0. The van der Waals surface area contributed by atoms with Crippen molar-refractivity contribution in [2.24, 2.45) is 0 Å². The fourth-order valence-electron chi connectivity index (χ4n) is 1.65. The van der Waals surface area contributed by atoms with Gasteiger partial charge in [-0.2, -0.15) is 13.2 Å². The summed E-state index contributed by atoms with van der Waals surface area (Å²) in [4.78, 5) is 14.4. The second-order valence-corrected chi connectivity index (χ2v) is 3.75. The molecule has 2 nitrogen and oxygen atoms in total. The Bertz CT molecular complexity index is 608. The lowest BCUT2D eigenvalue weighted by Crippen LogP contribution is -2.09. The molecule has 0 aliphatic rings. The number of aldehydes is 1. The first kappa shape index (κ1) is 13.2. The van der Waals surface area contributed by atoms with E-state index in [9.17, 15) is 22.4 Å². The van der Waals surface area contributed by atoms with Crippen LogP contribution in [0.15, 0.2) is 36.5 Å². The van der Waals surface area contributed by atoms with Crippen LogP contribution in [0.5, 0.6) is 0 Å². The Morgan fingerprint density at radius 1 is 1.16 bits per heavy atom. The molecule has 0 aliphatic carbocycles. The van der Waals surface area contributed by atoms with Crippen molar-refractivity contribution >= 4 is 6.29 Å². The molecule has 1 aromatic carbocycles. The number of hydrogen-bond acceptors (Lipinski definition) is 2. The molecule has 19 heavy (non-hydrogen) atoms. The van der Waals surface area contributed by atoms with E-state index in [4.69, 9.17) is 0 Å². The summed E-state index contributed by atoms with van der Waals surface area (Å²) in [7, 11) is 0. The summed E-state index contributed by atoms with van der Waals surface area (Å²) in [5, 5.41) is 0. The van der Waals surface area contributed by atoms with Gasteiger partial charge in [-0.25, -0.2) is 4.39 Å². The summed E-state index contributed by atoms with van der Waals surface area (Å²) in [6.45, 7) is 0. The first-order valence-electron chi connectivity index (χ1n) is 5.21. The minimum Gasteiger partial charge on any atom is -0.298 e. The van der Waals surface area contributed by atoms with Crippen LogP contribution in [0.2, 0.25) is 0 Å². The van der Waals surface area contributed by atoms with Crippen molar-refractivity contribution in [2.45, 2.75) is 6.18 Å². The molecule has 0 N–H and O–H groups in total. The van der Waals surface area contributed by atoms with Crippen LogP contribution >= 0.6 is 0 Å². The van der Waals surface area contributed by atoms with E-state index < -0.39 is 23.1 Å². The highest BCUT2D eigenvalue weighted by molar-refractivity contribution is 5.80. The predicted octanol–water partition coefficient (Wildman–Crippen LogP) is 3.72. The van der Waals surface area contributed by atoms with E-state index in [1.807, 2.05) is 0 Å². The highest BCUT2D eigenvalue weighted by Gasteiger charge is 2.35. The van der Waals surface area contributed by atoms with Crippen LogP contribution in [0.4, 0.5) is 17.6 Å². The van der Waals surface area contributed by atoms with E-state index in [1.54, 1.807) is 6.07 Å². The summed E-state index contributed by atoms with van der Waals surface area (Å²) in [5.41, 5.74) is -1.89. The molecule has 2 rings (SSSR count). The normalized spacial score (nSPS) is 11.4. The molecule has 1 heterocycles. The third-order valence-electron chi connectivity index (χ3n) is 2.51. The molecular weight excluding hydrogens is 262 g/mol. The smallest absolute Gasteiger partial charge is 0.298 e. The minimum atomic E-state index is -4.73. The lowest BCUT2D eigenvalue weighted by atomic mass is 10.00. The van der Waals surface area contributed by atoms with Crippen LogP contribution in [-0.4, -0.2) is 11.3 Å². The Hall–Kier alpha value is -2.24. The lowest BCUT2D eigenvalue weighted by Gasteiger charge is -2.13. The van der Waals surface area contributed by atoms with Crippen LogP contribution in [0.25, 0.3) is 11.3 Å². The molecule has 0 spiro atoms. The number of halogens is 4. The van der Waals surface area contributed by atoms with Crippen LogP contribution in [0.3, 0.4) is 0 Å². The number of pyridine rings is 1. The van der Waals surface area contributed by atoms with E-state index in [0.29, 0.717) is 6.07 Å². The Morgan fingerprint density at radius 3 is 2.42 bits per heavy atom. The van der Waals surface area contributed by atoms with Gasteiger partial charge in [0.15, 0.2) is 6.29 Å². The van der Waals surface area contributed by atoms with Crippen molar-refractivity contribution in [3.8, 4) is 11.3 Å². The predicted molar refractivity (Wildman–Crippen MR) is 60.0 cm³/mol. The number of carbonyl (C=O) groups excluding carboxylic acids is 1. The van der Waals surface area contributed by atoms with Crippen molar-refractivity contribution in [1.82, 2.24) is 4.98 Å². The summed E-state index contributed by atoms with van der Waals surface area (Å²) in [6.07, 6.45) is -3.24. The van der Waals surface area contributed by atoms with Gasteiger partial charge in [0.2, 0.25) is 0 Å². The summed E-state index contributed by atoms with van der Waals surface area (Å²) < 4.78 is 51.9. The first-order valence-corrected chi connectivity index (χ1v) is 5.21. The molecule has 6 heteroatoms. The van der Waals surface area contributed by atoms with Crippen molar-refractivity contribution in [2.75, 3.05) is 0 Å². The van der Waals surface area contributed by atoms with Gasteiger partial charge < -0.3 is 0 Å². The molecular formula is C13H7F4NO. The fraction of sp³-hybridized carbons (Fsp3) is 0.0769. The van der Waals surface area contributed by atoms with E-state index in [0.717, 1.165) is 6.07 Å². The number of aromatic nitrogens is 1. The van der Waals surface area contributed by atoms with Crippen LogP contribution in [0.1, 0.15) is 15.9 Å². The number of rotatable bonds is 2. The molecule has 1 aromatic heterocycles. The lowest BCUT2D eigenvalue weighted by molar-refractivity contribution is -0.137. The quantitative estimate of drug-likeness (QED) is 0.614. The van der Waals surface area contributed by atoms with E-state index >= 15 is 0 Å². The maximum absolute atomic E-state index is 13.3. The molecule has 0 fully saturated rings. The van der Waals surface area contributed by atoms with Gasteiger partial charge in [0.05, 0.1) is 16.8 Å². The molecule has 0 radical (unpaired) electrons. The van der Waals surface area contributed by atoms with E-state index in [1.165, 1.54) is 18.3 Å². The number of nitrogens with zero attached hydrogens (tertiary/aromatic N) is 1. The molecule has 0 saturated carbocycles. The third kappa shape index (κ3) is 2.62. The Kier molecular flexibility index (Phi) is 3.33. The number of carbonyl (C=O) groups is 1. The zero-order valence-electron chi connectivity index (χ0n) is 9.41. The topological polar surface area (TPSA) is 30.0 Å². The maximum atomic E-state index is 13.3. The van der Waals surface area contributed by atoms with Crippen molar-refractivity contribution in [3.63, 3.8) is 0 Å².